The summed E-state index contributed by atoms with van der Waals surface area (Å²) in [5.74, 6) is 0.860. The van der Waals surface area contributed by atoms with E-state index in [0.717, 1.165) is 88.0 Å². The summed E-state index contributed by atoms with van der Waals surface area (Å²) < 4.78 is 7.61. The minimum absolute atomic E-state index is 0.849. The molecule has 0 saturated carbocycles. The average Bonchev–Trinajstić information content (AvgIpc) is 4.46. The summed E-state index contributed by atoms with van der Waals surface area (Å²) in [6.45, 7) is 0. The number of H-pyrrole nitrogens is 1. The standard InChI is InChI=1S/C33H21N5.C23H15N3.C10H7BrN2/c1-2-6-24-21-25(11-10-22(24)5-1)37-20-16-26-29(37)13-12-27-32-30(8-4-17-35-32)38(33(26)27)31-9-3-7-28(36-31)23-14-18-34-19-15-23;1-2-5-16-14-17(8-7-15(16)4-1)26-13-11-18-21(26)10-9-19-22(18)25-20-6-3-12-24-23(19)20;11-10-3-1-2-9(13-10)8-4-6-12-7-5-8/h1-21H;1-14,25H;1-7H. The first-order chi connectivity index (χ1) is 38.1. The van der Waals surface area contributed by atoms with Gasteiger partial charge in [-0.05, 0) is 171 Å². The van der Waals surface area contributed by atoms with Crippen LogP contribution in [0.1, 0.15) is 0 Å². The molecule has 6 aromatic carbocycles. The Labute approximate surface area is 449 Å². The molecular weight excluding hydrogens is 1010 g/mol. The molecular formula is C66H43BrN10. The lowest BCUT2D eigenvalue weighted by atomic mass is 10.1. The Bertz CT molecular complexity index is 4850. The van der Waals surface area contributed by atoms with Gasteiger partial charge >= 0.3 is 0 Å². The van der Waals surface area contributed by atoms with Crippen LogP contribution in [0.4, 0.5) is 0 Å². The quantitative estimate of drug-likeness (QED) is 0.172. The van der Waals surface area contributed by atoms with Gasteiger partial charge in [0.25, 0.3) is 0 Å². The second-order valence-electron chi connectivity index (χ2n) is 18.7. The van der Waals surface area contributed by atoms with E-state index in [9.17, 15) is 0 Å². The fourth-order valence-electron chi connectivity index (χ4n) is 10.6. The Kier molecular flexibility index (Phi) is 11.4. The van der Waals surface area contributed by atoms with Crippen LogP contribution in [-0.4, -0.2) is 48.6 Å². The van der Waals surface area contributed by atoms with Gasteiger partial charge in [0.05, 0.1) is 55.5 Å². The average molecular weight is 1060 g/mol. The number of halogens is 1. The van der Waals surface area contributed by atoms with Gasteiger partial charge in [-0.3, -0.25) is 24.5 Å². The minimum Gasteiger partial charge on any atom is -0.353 e. The van der Waals surface area contributed by atoms with E-state index in [2.05, 4.69) is 213 Å². The number of aromatic nitrogens is 10. The molecule has 10 heterocycles. The first kappa shape index (κ1) is 45.5. The van der Waals surface area contributed by atoms with E-state index in [4.69, 9.17) is 9.97 Å². The Morgan fingerprint density at radius 1 is 0.390 bits per heavy atom. The SMILES string of the molecule is Brc1cccc(-c2ccncc2)n1.c1cc(-c2ccncc2)nc(-n2c3cccnc3c3ccc4c(ccn4-c4ccc5ccccc5c4)c32)c1.c1ccc2cc(-n3ccc4c5[nH]c6cccnc6c5ccc43)ccc2c1. The van der Waals surface area contributed by atoms with Gasteiger partial charge in [0, 0.05) is 93.6 Å². The molecule has 0 amide bonds. The highest BCUT2D eigenvalue weighted by Crippen LogP contribution is 2.38. The lowest BCUT2D eigenvalue weighted by Gasteiger charge is -2.10. The number of rotatable bonds is 5. The highest BCUT2D eigenvalue weighted by molar-refractivity contribution is 9.10. The molecule has 364 valence electrons. The van der Waals surface area contributed by atoms with Crippen LogP contribution < -0.4 is 0 Å². The molecule has 0 aliphatic carbocycles. The van der Waals surface area contributed by atoms with Crippen LogP contribution in [0.2, 0.25) is 0 Å². The molecule has 0 spiro atoms. The third kappa shape index (κ3) is 8.31. The molecule has 0 aliphatic rings. The van der Waals surface area contributed by atoms with Crippen molar-refractivity contribution in [1.29, 1.82) is 0 Å². The highest BCUT2D eigenvalue weighted by atomic mass is 79.9. The van der Waals surface area contributed by atoms with Gasteiger partial charge < -0.3 is 14.1 Å². The predicted molar refractivity (Wildman–Crippen MR) is 317 cm³/mol. The van der Waals surface area contributed by atoms with Crippen LogP contribution in [0.15, 0.2) is 260 Å². The van der Waals surface area contributed by atoms with Crippen molar-refractivity contribution in [2.24, 2.45) is 0 Å². The fraction of sp³-hybridized carbons (Fsp3) is 0. The summed E-state index contributed by atoms with van der Waals surface area (Å²) in [5.41, 5.74) is 15.0. The molecule has 0 aliphatic heterocycles. The van der Waals surface area contributed by atoms with E-state index in [1.807, 2.05) is 73.1 Å². The van der Waals surface area contributed by atoms with E-state index in [1.54, 1.807) is 24.8 Å². The van der Waals surface area contributed by atoms with Crippen molar-refractivity contribution < 1.29 is 0 Å². The van der Waals surface area contributed by atoms with Crippen molar-refractivity contribution in [3.63, 3.8) is 0 Å². The number of fused-ring (bicyclic) bond motifs is 12. The predicted octanol–water partition coefficient (Wildman–Crippen LogP) is 16.5. The number of aromatic amines is 1. The van der Waals surface area contributed by atoms with Crippen molar-refractivity contribution in [2.75, 3.05) is 0 Å². The molecule has 77 heavy (non-hydrogen) atoms. The monoisotopic (exact) mass is 1050 g/mol. The number of hydrogen-bond acceptors (Lipinski definition) is 6. The van der Waals surface area contributed by atoms with Crippen molar-refractivity contribution in [3.05, 3.63) is 260 Å². The van der Waals surface area contributed by atoms with Crippen molar-refractivity contribution in [2.45, 2.75) is 0 Å². The van der Waals surface area contributed by atoms with Crippen LogP contribution in [0.3, 0.4) is 0 Å². The summed E-state index contributed by atoms with van der Waals surface area (Å²) in [4.78, 5) is 30.4. The fourth-order valence-corrected chi connectivity index (χ4v) is 11.0. The Morgan fingerprint density at radius 3 is 1.62 bits per heavy atom. The molecule has 10 nitrogen and oxygen atoms in total. The molecule has 0 fully saturated rings. The summed E-state index contributed by atoms with van der Waals surface area (Å²) >= 11 is 3.33. The van der Waals surface area contributed by atoms with Gasteiger partial charge in [0.2, 0.25) is 0 Å². The first-order valence-corrected chi connectivity index (χ1v) is 26.0. The lowest BCUT2D eigenvalue weighted by Crippen LogP contribution is -1.99. The zero-order valence-corrected chi connectivity index (χ0v) is 42.7. The summed E-state index contributed by atoms with van der Waals surface area (Å²) in [6, 6.07) is 71.3. The van der Waals surface area contributed by atoms with Crippen molar-refractivity contribution in [1.82, 2.24) is 48.6 Å². The zero-order valence-electron chi connectivity index (χ0n) is 41.2. The molecule has 0 unspecified atom stereocenters. The number of nitrogens with one attached hydrogen (secondary N) is 1. The van der Waals surface area contributed by atoms with E-state index in [-0.39, 0.29) is 0 Å². The topological polar surface area (TPSA) is 108 Å². The van der Waals surface area contributed by atoms with Gasteiger partial charge in [-0.1, -0.05) is 72.8 Å². The van der Waals surface area contributed by atoms with Crippen LogP contribution in [0.5, 0.6) is 0 Å². The Hall–Kier alpha value is -10.1. The smallest absolute Gasteiger partial charge is 0.138 e. The van der Waals surface area contributed by atoms with Gasteiger partial charge in [0.1, 0.15) is 10.4 Å². The third-order valence-corrected chi connectivity index (χ3v) is 14.6. The maximum atomic E-state index is 5.09. The zero-order chi connectivity index (χ0) is 51.2. The molecule has 10 aromatic heterocycles. The Morgan fingerprint density at radius 2 is 0.961 bits per heavy atom. The van der Waals surface area contributed by atoms with Crippen molar-refractivity contribution in [3.8, 4) is 39.7 Å². The van der Waals surface area contributed by atoms with E-state index in [0.29, 0.717) is 0 Å². The largest absolute Gasteiger partial charge is 0.353 e. The van der Waals surface area contributed by atoms with Crippen molar-refractivity contribution >= 4 is 103 Å². The van der Waals surface area contributed by atoms with E-state index in [1.165, 1.54) is 43.5 Å². The Balaban J connectivity index is 0.000000119. The third-order valence-electron chi connectivity index (χ3n) is 14.2. The first-order valence-electron chi connectivity index (χ1n) is 25.2. The molecule has 0 bridgehead atoms. The number of nitrogens with zero attached hydrogens (tertiary/aromatic N) is 9. The normalized spacial score (nSPS) is 11.4. The molecule has 0 atom stereocenters. The molecule has 0 saturated heterocycles. The van der Waals surface area contributed by atoms with Gasteiger partial charge in [-0.15, -0.1) is 0 Å². The van der Waals surface area contributed by atoms with Crippen LogP contribution in [-0.2, 0) is 0 Å². The van der Waals surface area contributed by atoms with Gasteiger partial charge in [-0.25, -0.2) is 9.97 Å². The summed E-state index contributed by atoms with van der Waals surface area (Å²) in [5, 5.41) is 9.63. The lowest BCUT2D eigenvalue weighted by molar-refractivity contribution is 1.08. The van der Waals surface area contributed by atoms with Gasteiger partial charge in [0.15, 0.2) is 0 Å². The van der Waals surface area contributed by atoms with Crippen LogP contribution in [0.25, 0.3) is 127 Å². The molecule has 16 aromatic rings. The molecule has 1 N–H and O–H groups in total. The number of hydrogen-bond donors (Lipinski definition) is 1. The number of benzene rings is 6. The van der Waals surface area contributed by atoms with Gasteiger partial charge in [-0.2, -0.15) is 0 Å². The second-order valence-corrected chi connectivity index (χ2v) is 19.5. The van der Waals surface area contributed by atoms with Crippen LogP contribution in [0, 0.1) is 0 Å². The van der Waals surface area contributed by atoms with E-state index >= 15 is 0 Å². The molecule has 0 radical (unpaired) electrons. The minimum atomic E-state index is 0.849. The highest BCUT2D eigenvalue weighted by Gasteiger charge is 2.19. The summed E-state index contributed by atoms with van der Waals surface area (Å²) in [7, 11) is 0. The van der Waals surface area contributed by atoms with E-state index < -0.39 is 0 Å². The maximum Gasteiger partial charge on any atom is 0.138 e. The number of pyridine rings is 6. The molecule has 16 rings (SSSR count). The molecule has 11 heteroatoms. The summed E-state index contributed by atoms with van der Waals surface area (Å²) in [6.07, 6.45) is 15.1. The second kappa shape index (κ2) is 19.3. The maximum absolute atomic E-state index is 5.09. The van der Waals surface area contributed by atoms with Crippen LogP contribution >= 0.6 is 15.9 Å².